The molecule has 6 nitrogen and oxygen atoms in total. The third-order valence-corrected chi connectivity index (χ3v) is 7.49. The number of ether oxygens (including phenoxy) is 1. The highest BCUT2D eigenvalue weighted by atomic mass is 35.5. The van der Waals surface area contributed by atoms with Crippen molar-refractivity contribution >= 4 is 29.1 Å². The van der Waals surface area contributed by atoms with E-state index < -0.39 is 17.7 Å². The van der Waals surface area contributed by atoms with Crippen LogP contribution in [0.3, 0.4) is 0 Å². The summed E-state index contributed by atoms with van der Waals surface area (Å²) in [5.41, 5.74) is 2.74. The van der Waals surface area contributed by atoms with Crippen LogP contribution in [0, 0.1) is 6.92 Å². The zero-order valence-corrected chi connectivity index (χ0v) is 21.4. The zero-order chi connectivity index (χ0) is 25.4. The summed E-state index contributed by atoms with van der Waals surface area (Å²) in [6.07, 6.45) is 4.65. The Hall–Kier alpha value is -2.99. The number of ketones is 1. The summed E-state index contributed by atoms with van der Waals surface area (Å²) in [6, 6.07) is 7.45. The topological polar surface area (TPSA) is 87.1 Å². The molecule has 2 aromatic carbocycles. The molecule has 2 aromatic rings. The largest absolute Gasteiger partial charge is 0.507 e. The predicted molar refractivity (Wildman–Crippen MR) is 136 cm³/mol. The quantitative estimate of drug-likeness (QED) is 0.290. The number of hydrogen-bond acceptors (Lipinski definition) is 5. The number of phenols is 1. The molecule has 1 unspecified atom stereocenters. The van der Waals surface area contributed by atoms with Crippen molar-refractivity contribution in [3.8, 4) is 11.5 Å². The number of phenolic OH excluding ortho intramolecular Hbond substituents is 1. The molecule has 7 heteroatoms. The van der Waals surface area contributed by atoms with Gasteiger partial charge in [-0.3, -0.25) is 9.59 Å². The van der Waals surface area contributed by atoms with Gasteiger partial charge in [-0.25, -0.2) is 0 Å². The smallest absolute Gasteiger partial charge is 0.295 e. The molecule has 1 heterocycles. The van der Waals surface area contributed by atoms with E-state index in [1.807, 2.05) is 32.9 Å². The van der Waals surface area contributed by atoms with Crippen molar-refractivity contribution in [2.45, 2.75) is 70.9 Å². The Morgan fingerprint density at radius 1 is 1.11 bits per heavy atom. The lowest BCUT2D eigenvalue weighted by Crippen LogP contribution is -2.40. The van der Waals surface area contributed by atoms with E-state index in [9.17, 15) is 19.8 Å². The van der Waals surface area contributed by atoms with Crippen molar-refractivity contribution in [3.05, 3.63) is 63.2 Å². The fourth-order valence-corrected chi connectivity index (χ4v) is 5.52. The van der Waals surface area contributed by atoms with Crippen LogP contribution in [0.5, 0.6) is 11.5 Å². The number of carbonyl (C=O) groups excluding carboxylic acids is 2. The molecule has 186 valence electrons. The number of Topliss-reactive ketones (excluding diaryl/α,β-unsaturated/α-hetero) is 1. The molecule has 2 fully saturated rings. The molecule has 1 aliphatic heterocycles. The zero-order valence-electron chi connectivity index (χ0n) is 20.6. The number of hydrogen-bond donors (Lipinski definition) is 2. The maximum atomic E-state index is 13.4. The van der Waals surface area contributed by atoms with Crippen LogP contribution in [0.2, 0.25) is 5.02 Å². The molecule has 1 atom stereocenters. The maximum absolute atomic E-state index is 13.4. The van der Waals surface area contributed by atoms with E-state index in [1.165, 1.54) is 6.07 Å². The number of benzene rings is 2. The number of amides is 1. The highest BCUT2D eigenvalue weighted by Crippen LogP contribution is 2.45. The number of aryl methyl sites for hydroxylation is 1. The standard InChI is InChI=1S/C28H32ClNO5/c1-15(2)19-14-20(16(3)12-23(19)35-4)26(32)24-25(17-10-11-22(31)21(29)13-17)30(28(34)27(24)33)18-8-6-5-7-9-18/h10-15,18,25,31-32H,5-9H2,1-4H3/b26-24+. The summed E-state index contributed by atoms with van der Waals surface area (Å²) in [6.45, 7) is 5.89. The lowest BCUT2D eigenvalue weighted by Gasteiger charge is -2.35. The molecule has 0 spiro atoms. The second-order valence-electron chi connectivity index (χ2n) is 9.77. The van der Waals surface area contributed by atoms with Gasteiger partial charge in [-0.05, 0) is 66.6 Å². The van der Waals surface area contributed by atoms with Gasteiger partial charge in [-0.15, -0.1) is 0 Å². The molecule has 0 radical (unpaired) electrons. The van der Waals surface area contributed by atoms with Gasteiger partial charge in [0.1, 0.15) is 17.3 Å². The van der Waals surface area contributed by atoms with Crippen LogP contribution in [0.4, 0.5) is 0 Å². The fraction of sp³-hybridized carbons (Fsp3) is 0.429. The van der Waals surface area contributed by atoms with Crippen molar-refractivity contribution < 1.29 is 24.5 Å². The Labute approximate surface area is 211 Å². The first-order valence-electron chi connectivity index (χ1n) is 12.1. The van der Waals surface area contributed by atoms with Gasteiger partial charge in [0.05, 0.1) is 23.7 Å². The van der Waals surface area contributed by atoms with Crippen molar-refractivity contribution in [1.29, 1.82) is 0 Å². The van der Waals surface area contributed by atoms with Gasteiger partial charge in [0.15, 0.2) is 0 Å². The second-order valence-corrected chi connectivity index (χ2v) is 10.2. The van der Waals surface area contributed by atoms with Gasteiger partial charge in [0.25, 0.3) is 11.7 Å². The first-order valence-corrected chi connectivity index (χ1v) is 12.5. The number of carbonyl (C=O) groups is 2. The lowest BCUT2D eigenvalue weighted by molar-refractivity contribution is -0.141. The maximum Gasteiger partial charge on any atom is 0.295 e. The molecule has 4 rings (SSSR count). The molecule has 2 N–H and O–H groups in total. The van der Waals surface area contributed by atoms with Gasteiger partial charge in [-0.1, -0.05) is 50.8 Å². The summed E-state index contributed by atoms with van der Waals surface area (Å²) in [5.74, 6) is -0.783. The van der Waals surface area contributed by atoms with Crippen LogP contribution in [-0.2, 0) is 9.59 Å². The van der Waals surface area contributed by atoms with E-state index in [4.69, 9.17) is 16.3 Å². The normalized spacial score (nSPS) is 20.6. The lowest BCUT2D eigenvalue weighted by atomic mass is 9.89. The van der Waals surface area contributed by atoms with Crippen LogP contribution in [-0.4, -0.2) is 40.0 Å². The molecule has 0 aromatic heterocycles. The second kappa shape index (κ2) is 9.94. The molecule has 2 aliphatic rings. The summed E-state index contributed by atoms with van der Waals surface area (Å²) in [5, 5.41) is 21.7. The van der Waals surface area contributed by atoms with Crippen LogP contribution >= 0.6 is 11.6 Å². The Morgan fingerprint density at radius 3 is 2.40 bits per heavy atom. The monoisotopic (exact) mass is 497 g/mol. The van der Waals surface area contributed by atoms with Crippen molar-refractivity contribution in [3.63, 3.8) is 0 Å². The van der Waals surface area contributed by atoms with Crippen LogP contribution in [0.1, 0.15) is 80.2 Å². The van der Waals surface area contributed by atoms with E-state index in [1.54, 1.807) is 24.1 Å². The summed E-state index contributed by atoms with van der Waals surface area (Å²) < 4.78 is 5.53. The highest BCUT2D eigenvalue weighted by molar-refractivity contribution is 6.46. The van der Waals surface area contributed by atoms with Gasteiger partial charge >= 0.3 is 0 Å². The molecule has 1 saturated carbocycles. The Kier molecular flexibility index (Phi) is 7.13. The average molecular weight is 498 g/mol. The van der Waals surface area contributed by atoms with Crippen molar-refractivity contribution in [1.82, 2.24) is 4.90 Å². The Morgan fingerprint density at radius 2 is 1.80 bits per heavy atom. The molecule has 35 heavy (non-hydrogen) atoms. The average Bonchev–Trinajstić information content (AvgIpc) is 3.10. The SMILES string of the molecule is COc1cc(C)c(/C(O)=C2\C(=O)C(=O)N(C3CCCCC3)C2c2ccc(O)c(Cl)c2)cc1C(C)C. The van der Waals surface area contributed by atoms with E-state index >= 15 is 0 Å². The molecular formula is C28H32ClNO5. The minimum atomic E-state index is -0.791. The summed E-state index contributed by atoms with van der Waals surface area (Å²) >= 11 is 6.23. The van der Waals surface area contributed by atoms with E-state index in [-0.39, 0.29) is 34.1 Å². The Balaban J connectivity index is 1.94. The van der Waals surface area contributed by atoms with E-state index in [0.29, 0.717) is 16.9 Å². The molecule has 1 saturated heterocycles. The van der Waals surface area contributed by atoms with Gasteiger partial charge in [0, 0.05) is 11.6 Å². The van der Waals surface area contributed by atoms with E-state index in [2.05, 4.69) is 0 Å². The first-order chi connectivity index (χ1) is 16.6. The number of methoxy groups -OCH3 is 1. The number of likely N-dealkylation sites (tertiary alicyclic amines) is 1. The molecule has 1 aliphatic carbocycles. The number of aliphatic hydroxyl groups excluding tert-OH is 1. The Bertz CT molecular complexity index is 1200. The van der Waals surface area contributed by atoms with Gasteiger partial charge in [-0.2, -0.15) is 0 Å². The number of nitrogens with zero attached hydrogens (tertiary/aromatic N) is 1. The van der Waals surface area contributed by atoms with E-state index in [0.717, 1.165) is 43.2 Å². The minimum absolute atomic E-state index is 0.0466. The summed E-state index contributed by atoms with van der Waals surface area (Å²) in [7, 11) is 1.60. The predicted octanol–water partition coefficient (Wildman–Crippen LogP) is 6.24. The molecular weight excluding hydrogens is 466 g/mol. The molecule has 0 bridgehead atoms. The molecule has 1 amide bonds. The van der Waals surface area contributed by atoms with Gasteiger partial charge in [0.2, 0.25) is 0 Å². The van der Waals surface area contributed by atoms with Crippen LogP contribution in [0.25, 0.3) is 5.76 Å². The number of rotatable bonds is 5. The minimum Gasteiger partial charge on any atom is -0.507 e. The number of aromatic hydroxyl groups is 1. The van der Waals surface area contributed by atoms with Crippen molar-refractivity contribution in [2.24, 2.45) is 0 Å². The number of aliphatic hydroxyl groups is 1. The first kappa shape index (κ1) is 25.1. The third kappa shape index (κ3) is 4.52. The summed E-state index contributed by atoms with van der Waals surface area (Å²) in [4.78, 5) is 28.4. The highest BCUT2D eigenvalue weighted by Gasteiger charge is 2.49. The van der Waals surface area contributed by atoms with Crippen LogP contribution in [0.15, 0.2) is 35.9 Å². The van der Waals surface area contributed by atoms with Crippen molar-refractivity contribution in [2.75, 3.05) is 7.11 Å². The van der Waals surface area contributed by atoms with Crippen LogP contribution < -0.4 is 4.74 Å². The fourth-order valence-electron chi connectivity index (χ4n) is 5.33. The third-order valence-electron chi connectivity index (χ3n) is 7.19. The number of halogens is 1. The van der Waals surface area contributed by atoms with Gasteiger partial charge < -0.3 is 19.8 Å².